The molecule has 0 fully saturated rings. The Bertz CT molecular complexity index is 1130. The van der Waals surface area contributed by atoms with E-state index in [2.05, 4.69) is 11.2 Å². The van der Waals surface area contributed by atoms with E-state index >= 15 is 0 Å². The lowest BCUT2D eigenvalue weighted by Gasteiger charge is -2.29. The smallest absolute Gasteiger partial charge is 0.336 e. The average Bonchev–Trinajstić information content (AvgIpc) is 3.04. The van der Waals surface area contributed by atoms with Crippen molar-refractivity contribution in [3.8, 4) is 18.1 Å². The van der Waals surface area contributed by atoms with Crippen molar-refractivity contribution in [1.29, 1.82) is 0 Å². The summed E-state index contributed by atoms with van der Waals surface area (Å²) >= 11 is 0. The fraction of sp³-hybridized carbons (Fsp3) is 0.200. The number of benzene rings is 2. The number of hydrogen-bond donors (Lipinski definition) is 1. The van der Waals surface area contributed by atoms with Gasteiger partial charge in [-0.2, -0.15) is 0 Å². The third kappa shape index (κ3) is 3.17. The Morgan fingerprint density at radius 2 is 1.83 bits per heavy atom. The first-order chi connectivity index (χ1) is 14.6. The number of terminal acetylenes is 1. The summed E-state index contributed by atoms with van der Waals surface area (Å²) in [6.07, 6.45) is 5.25. The number of allylic oxidation sites excluding steroid dienone is 2. The normalized spacial score (nSPS) is 17.1. The number of ether oxygens (including phenoxy) is 2. The summed E-state index contributed by atoms with van der Waals surface area (Å²) in [4.78, 5) is 26.2. The molecule has 1 aliphatic carbocycles. The number of hydrogen-bond acceptors (Lipinski definition) is 5. The number of rotatable bonds is 5. The fourth-order valence-corrected chi connectivity index (χ4v) is 4.02. The van der Waals surface area contributed by atoms with Crippen molar-refractivity contribution in [2.45, 2.75) is 19.8 Å². The van der Waals surface area contributed by atoms with Crippen LogP contribution >= 0.6 is 0 Å². The van der Waals surface area contributed by atoms with E-state index in [1.165, 1.54) is 0 Å². The first-order valence-corrected chi connectivity index (χ1v) is 9.76. The van der Waals surface area contributed by atoms with Gasteiger partial charge in [0.25, 0.3) is 0 Å². The first-order valence-electron chi connectivity index (χ1n) is 9.76. The molecule has 1 atom stereocenters. The summed E-state index contributed by atoms with van der Waals surface area (Å²) in [6, 6.07) is 14.8. The van der Waals surface area contributed by atoms with Crippen LogP contribution in [0.25, 0.3) is 5.70 Å². The Hall–Kier alpha value is -3.78. The predicted molar refractivity (Wildman–Crippen MR) is 114 cm³/mol. The number of ketones is 1. The molecular formula is C25H21NO4. The molecule has 4 rings (SSSR count). The van der Waals surface area contributed by atoms with Gasteiger partial charge in [-0.15, -0.1) is 6.42 Å². The van der Waals surface area contributed by atoms with E-state index in [4.69, 9.17) is 15.9 Å². The number of carbonyl (C=O) groups is 2. The second kappa shape index (κ2) is 7.92. The van der Waals surface area contributed by atoms with Crippen LogP contribution in [0.2, 0.25) is 0 Å². The van der Waals surface area contributed by atoms with Gasteiger partial charge in [-0.25, -0.2) is 4.79 Å². The standard InChI is InChI=1S/C25H21NO4/c1-4-14-30-17-12-10-16(11-13-17)21-20(25(28)29-5-2)15(3)26-23-18-8-6-7-9-19(18)24(27)22(21)23/h1,6-13,21,26H,5,14H2,2-3H3/t21-/m1/s1. The molecule has 0 spiro atoms. The highest BCUT2D eigenvalue weighted by Crippen LogP contribution is 2.46. The fourth-order valence-electron chi connectivity index (χ4n) is 4.02. The molecule has 5 heteroatoms. The number of carbonyl (C=O) groups excluding carboxylic acids is 2. The molecule has 30 heavy (non-hydrogen) atoms. The van der Waals surface area contributed by atoms with Gasteiger partial charge in [-0.3, -0.25) is 4.79 Å². The highest BCUT2D eigenvalue weighted by atomic mass is 16.5. The van der Waals surface area contributed by atoms with Crippen LogP contribution in [0.3, 0.4) is 0 Å². The molecule has 2 aliphatic rings. The van der Waals surface area contributed by atoms with Gasteiger partial charge in [-0.1, -0.05) is 42.3 Å². The Kier molecular flexibility index (Phi) is 5.16. The molecule has 0 aromatic heterocycles. The van der Waals surface area contributed by atoms with Gasteiger partial charge in [0, 0.05) is 28.3 Å². The van der Waals surface area contributed by atoms with Crippen LogP contribution in [0.15, 0.2) is 65.4 Å². The lowest BCUT2D eigenvalue weighted by atomic mass is 9.80. The summed E-state index contributed by atoms with van der Waals surface area (Å²) in [5, 5.41) is 3.28. The van der Waals surface area contributed by atoms with E-state index < -0.39 is 11.9 Å². The van der Waals surface area contributed by atoms with Crippen LogP contribution in [0.5, 0.6) is 5.75 Å². The van der Waals surface area contributed by atoms with Gasteiger partial charge in [-0.05, 0) is 31.5 Å². The maximum absolute atomic E-state index is 13.3. The monoisotopic (exact) mass is 399 g/mol. The zero-order chi connectivity index (χ0) is 21.3. The molecule has 0 saturated heterocycles. The van der Waals surface area contributed by atoms with Crippen molar-refractivity contribution in [3.05, 3.63) is 82.1 Å². The Morgan fingerprint density at radius 1 is 1.13 bits per heavy atom. The van der Waals surface area contributed by atoms with E-state index in [9.17, 15) is 9.59 Å². The van der Waals surface area contributed by atoms with Gasteiger partial charge in [0.1, 0.15) is 12.4 Å². The molecule has 0 bridgehead atoms. The van der Waals surface area contributed by atoms with Crippen molar-refractivity contribution in [2.75, 3.05) is 13.2 Å². The van der Waals surface area contributed by atoms with Gasteiger partial charge < -0.3 is 14.8 Å². The molecule has 0 amide bonds. The lowest BCUT2D eigenvalue weighted by molar-refractivity contribution is -0.138. The molecule has 2 aromatic carbocycles. The summed E-state index contributed by atoms with van der Waals surface area (Å²) in [5.41, 5.74) is 4.70. The van der Waals surface area contributed by atoms with Crippen LogP contribution in [-0.4, -0.2) is 25.0 Å². The van der Waals surface area contributed by atoms with Crippen molar-refractivity contribution < 1.29 is 19.1 Å². The molecule has 0 unspecified atom stereocenters. The lowest BCUT2D eigenvalue weighted by Crippen LogP contribution is -2.29. The topological polar surface area (TPSA) is 64.6 Å². The predicted octanol–water partition coefficient (Wildman–Crippen LogP) is 3.83. The SMILES string of the molecule is C#CCOc1ccc([C@@H]2C(C(=O)OCC)=C(C)NC3=C2C(=O)c2ccccc23)cc1. The van der Waals surface area contributed by atoms with E-state index in [0.29, 0.717) is 28.2 Å². The summed E-state index contributed by atoms with van der Waals surface area (Å²) in [7, 11) is 0. The van der Waals surface area contributed by atoms with Crippen molar-refractivity contribution in [1.82, 2.24) is 5.32 Å². The molecule has 1 N–H and O–H groups in total. The largest absolute Gasteiger partial charge is 0.481 e. The summed E-state index contributed by atoms with van der Waals surface area (Å²) in [6.45, 7) is 4.01. The van der Waals surface area contributed by atoms with E-state index in [1.54, 1.807) is 19.1 Å². The third-order valence-corrected chi connectivity index (χ3v) is 5.28. The maximum Gasteiger partial charge on any atom is 0.336 e. The van der Waals surface area contributed by atoms with Gasteiger partial charge in [0.05, 0.1) is 17.9 Å². The minimum Gasteiger partial charge on any atom is -0.481 e. The molecule has 2 aromatic rings. The number of nitrogens with one attached hydrogen (secondary N) is 1. The molecule has 0 saturated carbocycles. The molecule has 150 valence electrons. The second-order valence-electron chi connectivity index (χ2n) is 7.04. The Balaban J connectivity index is 1.84. The van der Waals surface area contributed by atoms with Crippen LogP contribution < -0.4 is 10.1 Å². The average molecular weight is 399 g/mol. The quantitative estimate of drug-likeness (QED) is 0.612. The molecule has 0 radical (unpaired) electrons. The van der Waals surface area contributed by atoms with Crippen LogP contribution in [-0.2, 0) is 9.53 Å². The molecule has 5 nitrogen and oxygen atoms in total. The van der Waals surface area contributed by atoms with Gasteiger partial charge >= 0.3 is 5.97 Å². The minimum absolute atomic E-state index is 0.0833. The molecule has 1 heterocycles. The maximum atomic E-state index is 13.3. The minimum atomic E-state index is -0.540. The zero-order valence-electron chi connectivity index (χ0n) is 16.8. The zero-order valence-corrected chi connectivity index (χ0v) is 16.8. The Morgan fingerprint density at radius 3 is 2.50 bits per heavy atom. The van der Waals surface area contributed by atoms with Crippen molar-refractivity contribution in [2.24, 2.45) is 0 Å². The van der Waals surface area contributed by atoms with Gasteiger partial charge in [0.15, 0.2) is 5.78 Å². The van der Waals surface area contributed by atoms with Crippen LogP contribution in [0.4, 0.5) is 0 Å². The Labute approximate surface area is 175 Å². The van der Waals surface area contributed by atoms with E-state index in [1.807, 2.05) is 43.3 Å². The van der Waals surface area contributed by atoms with Gasteiger partial charge in [0.2, 0.25) is 0 Å². The van der Waals surface area contributed by atoms with Crippen LogP contribution in [0, 0.1) is 12.3 Å². The third-order valence-electron chi connectivity index (χ3n) is 5.28. The van der Waals surface area contributed by atoms with E-state index in [0.717, 1.165) is 16.8 Å². The number of Topliss-reactive ketones (excluding diaryl/α,β-unsaturated/α-hetero) is 1. The summed E-state index contributed by atoms with van der Waals surface area (Å²) in [5.74, 6) is 2.00. The number of esters is 1. The van der Waals surface area contributed by atoms with Crippen molar-refractivity contribution in [3.63, 3.8) is 0 Å². The number of fused-ring (bicyclic) bond motifs is 2. The summed E-state index contributed by atoms with van der Waals surface area (Å²) < 4.78 is 10.8. The van der Waals surface area contributed by atoms with Crippen LogP contribution in [0.1, 0.15) is 41.3 Å². The molecular weight excluding hydrogens is 378 g/mol. The second-order valence-corrected chi connectivity index (χ2v) is 7.04. The molecule has 1 aliphatic heterocycles. The highest BCUT2D eigenvalue weighted by molar-refractivity contribution is 6.23. The first kappa shape index (κ1) is 19.5. The number of dihydropyridines is 1. The van der Waals surface area contributed by atoms with E-state index in [-0.39, 0.29) is 19.0 Å². The highest BCUT2D eigenvalue weighted by Gasteiger charge is 2.42. The van der Waals surface area contributed by atoms with Crippen molar-refractivity contribution >= 4 is 17.4 Å².